The van der Waals surface area contributed by atoms with Gasteiger partial charge in [0.1, 0.15) is 5.82 Å². The zero-order valence-electron chi connectivity index (χ0n) is 11.5. The molecule has 0 radical (unpaired) electrons. The first-order valence-electron chi connectivity index (χ1n) is 6.80. The topological polar surface area (TPSA) is 56.7 Å². The van der Waals surface area contributed by atoms with Gasteiger partial charge in [-0.05, 0) is 36.2 Å². The van der Waals surface area contributed by atoms with Gasteiger partial charge < -0.3 is 10.3 Å². The number of rotatable bonds is 4. The number of nitrogens with two attached hydrogens (primary N) is 1. The quantitative estimate of drug-likeness (QED) is 0.788. The number of hydrogen-bond donors (Lipinski definition) is 1. The highest BCUT2D eigenvalue weighted by Gasteiger charge is 2.17. The zero-order chi connectivity index (χ0) is 13.9. The van der Waals surface area contributed by atoms with Crippen molar-refractivity contribution in [3.8, 4) is 0 Å². The fourth-order valence-electron chi connectivity index (χ4n) is 2.61. The van der Waals surface area contributed by atoms with Gasteiger partial charge in [-0.1, -0.05) is 12.1 Å². The zero-order valence-corrected chi connectivity index (χ0v) is 11.5. The Morgan fingerprint density at radius 2 is 1.90 bits per heavy atom. The fourth-order valence-corrected chi connectivity index (χ4v) is 2.61. The Morgan fingerprint density at radius 1 is 1.15 bits per heavy atom. The van der Waals surface area contributed by atoms with Crippen LogP contribution in [0.3, 0.4) is 0 Å². The Hall–Kier alpha value is -2.20. The Morgan fingerprint density at radius 3 is 2.60 bits per heavy atom. The third kappa shape index (κ3) is 2.30. The summed E-state index contributed by atoms with van der Waals surface area (Å²) in [6, 6.07) is 12.2. The highest BCUT2D eigenvalue weighted by molar-refractivity contribution is 5.75. The fraction of sp³-hybridized carbons (Fsp3) is 0.250. The summed E-state index contributed by atoms with van der Waals surface area (Å²) in [5.74, 6) is 1.26. The lowest BCUT2D eigenvalue weighted by Gasteiger charge is -2.14. The van der Waals surface area contributed by atoms with E-state index in [-0.39, 0.29) is 5.92 Å². The van der Waals surface area contributed by atoms with Gasteiger partial charge >= 0.3 is 0 Å². The van der Waals surface area contributed by atoms with E-state index in [0.717, 1.165) is 23.3 Å². The lowest BCUT2D eigenvalue weighted by Crippen LogP contribution is -2.18. The van der Waals surface area contributed by atoms with Crippen molar-refractivity contribution in [1.82, 2.24) is 14.5 Å². The number of aryl methyl sites for hydroxylation is 1. The van der Waals surface area contributed by atoms with Crippen molar-refractivity contribution in [2.24, 2.45) is 12.8 Å². The van der Waals surface area contributed by atoms with Crippen LogP contribution in [0.2, 0.25) is 0 Å². The van der Waals surface area contributed by atoms with Crippen LogP contribution in [0.25, 0.3) is 11.0 Å². The summed E-state index contributed by atoms with van der Waals surface area (Å²) < 4.78 is 2.15. The summed E-state index contributed by atoms with van der Waals surface area (Å²) >= 11 is 0. The molecule has 0 spiro atoms. The van der Waals surface area contributed by atoms with E-state index in [9.17, 15) is 0 Å². The molecule has 0 aliphatic carbocycles. The maximum absolute atomic E-state index is 5.97. The van der Waals surface area contributed by atoms with Crippen molar-refractivity contribution in [3.63, 3.8) is 0 Å². The lowest BCUT2D eigenvalue weighted by atomic mass is 9.99. The maximum Gasteiger partial charge on any atom is 0.114 e. The van der Waals surface area contributed by atoms with Gasteiger partial charge in [0.25, 0.3) is 0 Å². The van der Waals surface area contributed by atoms with Crippen molar-refractivity contribution < 1.29 is 0 Å². The monoisotopic (exact) mass is 266 g/mol. The van der Waals surface area contributed by atoms with Crippen LogP contribution in [0, 0.1) is 0 Å². The van der Waals surface area contributed by atoms with Crippen LogP contribution in [0.1, 0.15) is 17.3 Å². The SMILES string of the molecule is Cn1c(C(CN)Cc2ccncc2)nc2ccccc21. The molecule has 0 saturated carbocycles. The molecule has 102 valence electrons. The second-order valence-electron chi connectivity index (χ2n) is 5.01. The second kappa shape index (κ2) is 5.43. The molecule has 0 fully saturated rings. The molecule has 1 atom stereocenters. The van der Waals surface area contributed by atoms with Crippen LogP contribution in [0.15, 0.2) is 48.8 Å². The minimum Gasteiger partial charge on any atom is -0.331 e. The molecular weight excluding hydrogens is 248 g/mol. The van der Waals surface area contributed by atoms with Gasteiger partial charge in [0.15, 0.2) is 0 Å². The van der Waals surface area contributed by atoms with E-state index >= 15 is 0 Å². The van der Waals surface area contributed by atoms with E-state index in [1.165, 1.54) is 5.56 Å². The summed E-state index contributed by atoms with van der Waals surface area (Å²) in [6.07, 6.45) is 4.52. The minimum atomic E-state index is 0.217. The van der Waals surface area contributed by atoms with Crippen LogP contribution < -0.4 is 5.73 Å². The van der Waals surface area contributed by atoms with Gasteiger partial charge in [0.05, 0.1) is 11.0 Å². The van der Waals surface area contributed by atoms with E-state index in [1.54, 1.807) is 0 Å². The first-order valence-corrected chi connectivity index (χ1v) is 6.80. The molecule has 2 heterocycles. The first kappa shape index (κ1) is 12.8. The van der Waals surface area contributed by atoms with Crippen molar-refractivity contribution in [2.45, 2.75) is 12.3 Å². The molecule has 1 aromatic carbocycles. The average molecular weight is 266 g/mol. The van der Waals surface area contributed by atoms with Crippen molar-refractivity contribution in [2.75, 3.05) is 6.54 Å². The molecule has 3 aromatic rings. The molecule has 2 aromatic heterocycles. The van der Waals surface area contributed by atoms with Gasteiger partial charge in [0.2, 0.25) is 0 Å². The third-order valence-corrected chi connectivity index (χ3v) is 3.70. The van der Waals surface area contributed by atoms with Crippen LogP contribution in [0.5, 0.6) is 0 Å². The molecule has 4 nitrogen and oxygen atoms in total. The number of pyridine rings is 1. The molecule has 4 heteroatoms. The Bertz CT molecular complexity index is 703. The Balaban J connectivity index is 1.97. The second-order valence-corrected chi connectivity index (χ2v) is 5.01. The summed E-state index contributed by atoms with van der Waals surface area (Å²) in [5, 5.41) is 0. The molecule has 0 aliphatic rings. The molecule has 2 N–H and O–H groups in total. The van der Waals surface area contributed by atoms with Crippen molar-refractivity contribution in [1.29, 1.82) is 0 Å². The molecule has 0 amide bonds. The van der Waals surface area contributed by atoms with Crippen molar-refractivity contribution >= 4 is 11.0 Å². The highest BCUT2D eigenvalue weighted by Crippen LogP contribution is 2.23. The molecule has 0 bridgehead atoms. The van der Waals surface area contributed by atoms with Crippen LogP contribution in [-0.2, 0) is 13.5 Å². The van der Waals surface area contributed by atoms with E-state index in [2.05, 4.69) is 22.7 Å². The van der Waals surface area contributed by atoms with Gasteiger partial charge in [-0.3, -0.25) is 4.98 Å². The van der Waals surface area contributed by atoms with E-state index in [0.29, 0.717) is 6.54 Å². The molecular formula is C16H18N4. The molecule has 3 rings (SSSR count). The number of nitrogens with zero attached hydrogens (tertiary/aromatic N) is 3. The number of fused-ring (bicyclic) bond motifs is 1. The Labute approximate surface area is 118 Å². The number of imidazole rings is 1. The highest BCUT2D eigenvalue weighted by atomic mass is 15.1. The van der Waals surface area contributed by atoms with Crippen LogP contribution >= 0.6 is 0 Å². The van der Waals surface area contributed by atoms with Gasteiger partial charge in [-0.15, -0.1) is 0 Å². The van der Waals surface area contributed by atoms with Gasteiger partial charge in [0, 0.05) is 31.9 Å². The largest absolute Gasteiger partial charge is 0.331 e. The van der Waals surface area contributed by atoms with Gasteiger partial charge in [-0.2, -0.15) is 0 Å². The van der Waals surface area contributed by atoms with E-state index in [1.807, 2.05) is 42.7 Å². The lowest BCUT2D eigenvalue weighted by molar-refractivity contribution is 0.622. The normalized spacial score (nSPS) is 12.7. The average Bonchev–Trinajstić information content (AvgIpc) is 2.83. The predicted octanol–water partition coefficient (Wildman–Crippen LogP) is 2.25. The number of hydrogen-bond acceptors (Lipinski definition) is 3. The van der Waals surface area contributed by atoms with E-state index < -0.39 is 0 Å². The maximum atomic E-state index is 5.97. The summed E-state index contributed by atoms with van der Waals surface area (Å²) in [5.41, 5.74) is 9.39. The molecule has 0 saturated heterocycles. The van der Waals surface area contributed by atoms with Crippen LogP contribution in [0.4, 0.5) is 0 Å². The van der Waals surface area contributed by atoms with Crippen LogP contribution in [-0.4, -0.2) is 21.1 Å². The molecule has 1 unspecified atom stereocenters. The predicted molar refractivity (Wildman–Crippen MR) is 80.5 cm³/mol. The number of para-hydroxylation sites is 2. The molecule has 20 heavy (non-hydrogen) atoms. The third-order valence-electron chi connectivity index (χ3n) is 3.70. The standard InChI is InChI=1S/C16H18N4/c1-20-15-5-3-2-4-14(15)19-16(20)13(11-17)10-12-6-8-18-9-7-12/h2-9,13H,10-11,17H2,1H3. The Kier molecular flexibility index (Phi) is 3.48. The number of aromatic nitrogens is 3. The number of benzene rings is 1. The minimum absolute atomic E-state index is 0.217. The summed E-state index contributed by atoms with van der Waals surface area (Å²) in [4.78, 5) is 8.80. The van der Waals surface area contributed by atoms with Crippen molar-refractivity contribution in [3.05, 3.63) is 60.2 Å². The molecule has 0 aliphatic heterocycles. The van der Waals surface area contributed by atoms with E-state index in [4.69, 9.17) is 10.7 Å². The van der Waals surface area contributed by atoms with Gasteiger partial charge in [-0.25, -0.2) is 4.98 Å². The smallest absolute Gasteiger partial charge is 0.114 e. The summed E-state index contributed by atoms with van der Waals surface area (Å²) in [6.45, 7) is 0.583. The first-order chi connectivity index (χ1) is 9.79. The summed E-state index contributed by atoms with van der Waals surface area (Å²) in [7, 11) is 2.06.